The summed E-state index contributed by atoms with van der Waals surface area (Å²) in [5.74, 6) is 1.71. The maximum Gasteiger partial charge on any atom is 0.259 e. The van der Waals surface area contributed by atoms with Crippen LogP contribution in [0.4, 0.5) is 10.9 Å². The van der Waals surface area contributed by atoms with Crippen molar-refractivity contribution in [2.75, 3.05) is 16.8 Å². The van der Waals surface area contributed by atoms with E-state index in [2.05, 4.69) is 82.2 Å². The van der Waals surface area contributed by atoms with Gasteiger partial charge in [0.05, 0.1) is 36.0 Å². The Balaban J connectivity index is 1.17. The van der Waals surface area contributed by atoms with Crippen molar-refractivity contribution in [1.82, 2.24) is 34.5 Å². The molecule has 4 aromatic heterocycles. The second kappa shape index (κ2) is 10.8. The zero-order valence-corrected chi connectivity index (χ0v) is 24.6. The number of anilines is 2. The molecule has 0 fully saturated rings. The van der Waals surface area contributed by atoms with E-state index in [1.165, 1.54) is 21.1 Å². The lowest BCUT2D eigenvalue weighted by Crippen LogP contribution is -2.31. The number of carbonyl (C=O) groups is 1. The van der Waals surface area contributed by atoms with E-state index in [1.54, 1.807) is 30.3 Å². The van der Waals surface area contributed by atoms with Crippen LogP contribution in [0.15, 0.2) is 49.1 Å². The van der Waals surface area contributed by atoms with Crippen molar-refractivity contribution in [3.05, 3.63) is 85.6 Å². The standard InChI is InChI=1S/C27H23IN10OS/c1-16-33-24(35-38(16)13-17-4-3-5-20(28)8-17)18-10-30-27(31-11-18)37-7-6-21-22(9-29)26(40-23(21)15-37)34-25(39)19-12-32-36(2)14-19/h3-5,8,10-12,14H,6-7,13,15H2,1-2H3,(H,34,39). The summed E-state index contributed by atoms with van der Waals surface area (Å²) in [6.45, 7) is 3.80. The zero-order valence-electron chi connectivity index (χ0n) is 21.7. The van der Waals surface area contributed by atoms with Gasteiger partial charge in [-0.2, -0.15) is 15.5 Å². The SMILES string of the molecule is Cc1nc(-c2cnc(N3CCc4c(sc(NC(=O)c5cnn(C)c5)c4C#N)C3)nc2)nn1Cc1cccc(I)c1. The molecule has 5 heterocycles. The number of rotatable bonds is 6. The highest BCUT2D eigenvalue weighted by atomic mass is 127. The number of nitrogens with zero attached hydrogens (tertiary/aromatic N) is 9. The fourth-order valence-corrected chi connectivity index (χ4v) is 6.41. The molecule has 200 valence electrons. The van der Waals surface area contributed by atoms with Crippen molar-refractivity contribution in [1.29, 1.82) is 5.26 Å². The molecule has 1 amide bonds. The highest BCUT2D eigenvalue weighted by molar-refractivity contribution is 14.1. The van der Waals surface area contributed by atoms with Gasteiger partial charge in [0.15, 0.2) is 5.82 Å². The average molecular weight is 663 g/mol. The molecule has 0 saturated carbocycles. The molecular weight excluding hydrogens is 639 g/mol. The smallest absolute Gasteiger partial charge is 0.259 e. The Morgan fingerprint density at radius 1 is 1.25 bits per heavy atom. The molecule has 0 unspecified atom stereocenters. The Kier molecular flexibility index (Phi) is 7.03. The summed E-state index contributed by atoms with van der Waals surface area (Å²) in [6.07, 6.45) is 7.30. The number of nitrogens with one attached hydrogen (secondary N) is 1. The summed E-state index contributed by atoms with van der Waals surface area (Å²) in [5.41, 5.74) is 3.84. The Hall–Kier alpha value is -4.16. The molecule has 1 aliphatic rings. The monoisotopic (exact) mass is 662 g/mol. The molecule has 0 saturated heterocycles. The summed E-state index contributed by atoms with van der Waals surface area (Å²) in [6, 6.07) is 10.6. The first-order chi connectivity index (χ1) is 19.4. The minimum absolute atomic E-state index is 0.288. The van der Waals surface area contributed by atoms with Crippen LogP contribution >= 0.6 is 33.9 Å². The second-order valence-electron chi connectivity index (χ2n) is 9.39. The van der Waals surface area contributed by atoms with Crippen LogP contribution in [0.1, 0.15) is 37.7 Å². The van der Waals surface area contributed by atoms with Crippen LogP contribution in [0.2, 0.25) is 0 Å². The summed E-state index contributed by atoms with van der Waals surface area (Å²) in [7, 11) is 1.75. The lowest BCUT2D eigenvalue weighted by Gasteiger charge is -2.26. The van der Waals surface area contributed by atoms with Gasteiger partial charge in [0.1, 0.15) is 16.9 Å². The number of fused-ring (bicyclic) bond motifs is 1. The van der Waals surface area contributed by atoms with Crippen LogP contribution < -0.4 is 10.2 Å². The summed E-state index contributed by atoms with van der Waals surface area (Å²) in [5, 5.41) is 22.0. The number of halogens is 1. The van der Waals surface area contributed by atoms with E-state index in [4.69, 9.17) is 0 Å². The van der Waals surface area contributed by atoms with Gasteiger partial charge in [-0.15, -0.1) is 11.3 Å². The van der Waals surface area contributed by atoms with Gasteiger partial charge in [-0.1, -0.05) is 12.1 Å². The highest BCUT2D eigenvalue weighted by Crippen LogP contribution is 2.37. The van der Waals surface area contributed by atoms with E-state index < -0.39 is 0 Å². The van der Waals surface area contributed by atoms with E-state index in [0.29, 0.717) is 54.0 Å². The lowest BCUT2D eigenvalue weighted by molar-refractivity contribution is 0.102. The maximum absolute atomic E-state index is 12.7. The van der Waals surface area contributed by atoms with Crippen LogP contribution in [0.5, 0.6) is 0 Å². The predicted molar refractivity (Wildman–Crippen MR) is 159 cm³/mol. The number of thiophene rings is 1. The van der Waals surface area contributed by atoms with Crippen molar-refractivity contribution >= 4 is 50.8 Å². The van der Waals surface area contributed by atoms with E-state index in [9.17, 15) is 10.1 Å². The molecule has 0 atom stereocenters. The van der Waals surface area contributed by atoms with Crippen molar-refractivity contribution in [2.24, 2.45) is 7.05 Å². The number of aromatic nitrogens is 7. The average Bonchev–Trinajstić information content (AvgIpc) is 3.64. The van der Waals surface area contributed by atoms with Gasteiger partial charge in [-0.05, 0) is 59.2 Å². The maximum atomic E-state index is 12.7. The van der Waals surface area contributed by atoms with Gasteiger partial charge in [0, 0.05) is 40.6 Å². The topological polar surface area (TPSA) is 130 Å². The number of hydrogen-bond donors (Lipinski definition) is 1. The lowest BCUT2D eigenvalue weighted by atomic mass is 10.0. The third-order valence-electron chi connectivity index (χ3n) is 6.62. The van der Waals surface area contributed by atoms with Crippen molar-refractivity contribution in [3.8, 4) is 17.5 Å². The number of amides is 1. The van der Waals surface area contributed by atoms with Crippen molar-refractivity contribution < 1.29 is 4.79 Å². The number of aryl methyl sites for hydroxylation is 2. The predicted octanol–water partition coefficient (Wildman–Crippen LogP) is 4.18. The second-order valence-corrected chi connectivity index (χ2v) is 11.7. The fraction of sp³-hybridized carbons (Fsp3) is 0.222. The molecule has 40 heavy (non-hydrogen) atoms. The summed E-state index contributed by atoms with van der Waals surface area (Å²) >= 11 is 3.72. The molecule has 1 N–H and O–H groups in total. The number of hydrogen-bond acceptors (Lipinski definition) is 9. The molecule has 1 aliphatic heterocycles. The Morgan fingerprint density at radius 3 is 2.80 bits per heavy atom. The normalized spacial score (nSPS) is 12.7. The molecule has 13 heteroatoms. The first-order valence-electron chi connectivity index (χ1n) is 12.5. The van der Waals surface area contributed by atoms with Gasteiger partial charge >= 0.3 is 0 Å². The number of benzene rings is 1. The van der Waals surface area contributed by atoms with E-state index in [1.807, 2.05) is 17.7 Å². The molecule has 11 nitrogen and oxygen atoms in total. The largest absolute Gasteiger partial charge is 0.335 e. The highest BCUT2D eigenvalue weighted by Gasteiger charge is 2.27. The van der Waals surface area contributed by atoms with Crippen LogP contribution in [-0.2, 0) is 26.6 Å². The Bertz CT molecular complexity index is 1760. The van der Waals surface area contributed by atoms with E-state index in [-0.39, 0.29) is 5.91 Å². The first kappa shape index (κ1) is 26.1. The van der Waals surface area contributed by atoms with Crippen LogP contribution in [0, 0.1) is 21.8 Å². The van der Waals surface area contributed by atoms with Crippen LogP contribution in [0.25, 0.3) is 11.4 Å². The van der Waals surface area contributed by atoms with Gasteiger partial charge in [-0.25, -0.2) is 19.6 Å². The summed E-state index contributed by atoms with van der Waals surface area (Å²) < 4.78 is 4.63. The molecule has 0 radical (unpaired) electrons. The number of carbonyl (C=O) groups excluding carboxylic acids is 1. The molecule has 6 rings (SSSR count). The van der Waals surface area contributed by atoms with Gasteiger partial charge in [-0.3, -0.25) is 9.48 Å². The number of nitriles is 1. The molecule has 1 aromatic carbocycles. The van der Waals surface area contributed by atoms with Gasteiger partial charge in [0.2, 0.25) is 5.95 Å². The van der Waals surface area contributed by atoms with E-state index >= 15 is 0 Å². The van der Waals surface area contributed by atoms with Crippen molar-refractivity contribution in [2.45, 2.75) is 26.4 Å². The van der Waals surface area contributed by atoms with Crippen molar-refractivity contribution in [3.63, 3.8) is 0 Å². The molecule has 0 spiro atoms. The van der Waals surface area contributed by atoms with E-state index in [0.717, 1.165) is 27.4 Å². The quantitative estimate of drug-likeness (QED) is 0.268. The first-order valence-corrected chi connectivity index (χ1v) is 14.4. The van der Waals surface area contributed by atoms with Gasteiger partial charge < -0.3 is 10.2 Å². The minimum Gasteiger partial charge on any atom is -0.335 e. The molecule has 0 bridgehead atoms. The molecule has 5 aromatic rings. The summed E-state index contributed by atoms with van der Waals surface area (Å²) in [4.78, 5) is 29.6. The minimum atomic E-state index is -0.288. The third-order valence-corrected chi connectivity index (χ3v) is 8.42. The zero-order chi connectivity index (χ0) is 27.8. The van der Waals surface area contributed by atoms with Crippen LogP contribution in [-0.4, -0.2) is 47.0 Å². The molecule has 0 aliphatic carbocycles. The Morgan fingerprint density at radius 2 is 2.08 bits per heavy atom. The third kappa shape index (κ3) is 5.19. The fourth-order valence-electron chi connectivity index (χ4n) is 4.59. The van der Waals surface area contributed by atoms with Crippen LogP contribution in [0.3, 0.4) is 0 Å². The molecular formula is C27H23IN10OS. The Labute approximate surface area is 247 Å². The van der Waals surface area contributed by atoms with Gasteiger partial charge in [0.25, 0.3) is 5.91 Å².